The van der Waals surface area contributed by atoms with E-state index in [1.54, 1.807) is 0 Å². The maximum Gasteiger partial charge on any atom is 0.336 e. The van der Waals surface area contributed by atoms with Gasteiger partial charge in [-0.3, -0.25) is 0 Å². The molecule has 0 radical (unpaired) electrons. The highest BCUT2D eigenvalue weighted by Gasteiger charge is 2.45. The molecule has 5 unspecified atom stereocenters. The first-order valence-corrected chi connectivity index (χ1v) is 7.83. The van der Waals surface area contributed by atoms with Crippen LogP contribution in [0.15, 0.2) is 21.3 Å². The lowest BCUT2D eigenvalue weighted by molar-refractivity contribution is -0.277. The van der Waals surface area contributed by atoms with Gasteiger partial charge in [-0.2, -0.15) is 0 Å². The van der Waals surface area contributed by atoms with Crippen LogP contribution < -0.4 is 15.1 Å². The van der Waals surface area contributed by atoms with Crippen LogP contribution in [0.25, 0.3) is 11.0 Å². The van der Waals surface area contributed by atoms with E-state index in [1.165, 1.54) is 13.2 Å². The highest BCUT2D eigenvalue weighted by molar-refractivity contribution is 5.94. The highest BCUT2D eigenvalue weighted by atomic mass is 16.7. The van der Waals surface area contributed by atoms with E-state index in [9.17, 15) is 35.4 Å². The number of methoxy groups -OCH3 is 1. The Morgan fingerprint density at radius 2 is 1.74 bits per heavy atom. The first-order chi connectivity index (χ1) is 12.8. The zero-order chi connectivity index (χ0) is 19.9. The molecular weight excluding hydrogens is 368 g/mol. The summed E-state index contributed by atoms with van der Waals surface area (Å²) in [5.74, 6) is -2.14. The Labute approximate surface area is 151 Å². The van der Waals surface area contributed by atoms with Crippen molar-refractivity contribution in [2.24, 2.45) is 0 Å². The van der Waals surface area contributed by atoms with E-state index in [0.29, 0.717) is 0 Å². The Morgan fingerprint density at radius 3 is 2.37 bits per heavy atom. The van der Waals surface area contributed by atoms with Crippen LogP contribution in [-0.4, -0.2) is 75.1 Å². The fourth-order valence-corrected chi connectivity index (χ4v) is 2.80. The molecule has 11 heteroatoms. The minimum atomic E-state index is -1.77. The molecule has 148 valence electrons. The van der Waals surface area contributed by atoms with Crippen LogP contribution in [0, 0.1) is 0 Å². The first kappa shape index (κ1) is 19.2. The van der Waals surface area contributed by atoms with Crippen LogP contribution in [-0.2, 0) is 4.74 Å². The number of fused-ring (bicyclic) bond motifs is 1. The van der Waals surface area contributed by atoms with Crippen LogP contribution in [0.1, 0.15) is 0 Å². The normalized spacial score (nSPS) is 28.3. The van der Waals surface area contributed by atoms with E-state index in [4.69, 9.17) is 18.6 Å². The zero-order valence-electron chi connectivity index (χ0n) is 14.0. The predicted molar refractivity (Wildman–Crippen MR) is 86.8 cm³/mol. The summed E-state index contributed by atoms with van der Waals surface area (Å²) < 4.78 is 20.4. The number of benzene rings is 1. The molecule has 1 fully saturated rings. The van der Waals surface area contributed by atoms with Gasteiger partial charge < -0.3 is 49.3 Å². The number of aliphatic hydroxyl groups excluding tert-OH is 4. The van der Waals surface area contributed by atoms with Gasteiger partial charge in [0, 0.05) is 6.07 Å². The highest BCUT2D eigenvalue weighted by Crippen LogP contribution is 2.50. The smallest absolute Gasteiger partial charge is 0.336 e. The van der Waals surface area contributed by atoms with E-state index in [2.05, 4.69) is 0 Å². The molecule has 1 aromatic heterocycles. The van der Waals surface area contributed by atoms with E-state index >= 15 is 0 Å². The molecule has 1 saturated heterocycles. The van der Waals surface area contributed by atoms with Crippen molar-refractivity contribution < 1.29 is 49.3 Å². The van der Waals surface area contributed by atoms with Gasteiger partial charge >= 0.3 is 5.63 Å². The van der Waals surface area contributed by atoms with Crippen molar-refractivity contribution in [2.75, 3.05) is 13.7 Å². The Morgan fingerprint density at radius 1 is 1.04 bits per heavy atom. The van der Waals surface area contributed by atoms with Crippen molar-refractivity contribution in [3.8, 4) is 23.0 Å². The summed E-state index contributed by atoms with van der Waals surface area (Å²) in [6.07, 6.45) is -8.02. The van der Waals surface area contributed by atoms with Gasteiger partial charge in [0.25, 0.3) is 0 Å². The van der Waals surface area contributed by atoms with E-state index in [-0.39, 0.29) is 11.1 Å². The molecule has 6 N–H and O–H groups in total. The van der Waals surface area contributed by atoms with Gasteiger partial charge in [-0.15, -0.1) is 0 Å². The number of hydrogen-bond donors (Lipinski definition) is 6. The lowest BCUT2D eigenvalue weighted by Crippen LogP contribution is -2.60. The lowest BCUT2D eigenvalue weighted by Gasteiger charge is -2.39. The molecule has 0 saturated carbocycles. The second kappa shape index (κ2) is 7.21. The Hall–Kier alpha value is -2.57. The largest absolute Gasteiger partial charge is 0.504 e. The van der Waals surface area contributed by atoms with E-state index in [1.807, 2.05) is 0 Å². The van der Waals surface area contributed by atoms with Crippen LogP contribution in [0.5, 0.6) is 23.0 Å². The molecule has 1 aliphatic heterocycles. The molecule has 11 nitrogen and oxygen atoms in total. The average Bonchev–Trinajstić information content (AvgIpc) is 2.66. The summed E-state index contributed by atoms with van der Waals surface area (Å²) in [5, 5.41) is 59.6. The molecule has 0 bridgehead atoms. The second-order valence-corrected chi connectivity index (χ2v) is 5.87. The SMILES string of the molecule is COc1c(OC2OC(CO)C(O)C(O)C2O)c(O)c2oc(=O)ccc2c1O. The van der Waals surface area contributed by atoms with Gasteiger partial charge in [0.15, 0.2) is 11.3 Å². The maximum absolute atomic E-state index is 11.4. The molecule has 0 aliphatic carbocycles. The summed E-state index contributed by atoms with van der Waals surface area (Å²) >= 11 is 0. The molecule has 2 heterocycles. The topological polar surface area (TPSA) is 179 Å². The number of phenolic OH excluding ortho intramolecular Hbond substituents is 2. The average molecular weight is 386 g/mol. The van der Waals surface area contributed by atoms with E-state index < -0.39 is 65.8 Å². The van der Waals surface area contributed by atoms with Gasteiger partial charge in [0.1, 0.15) is 24.4 Å². The van der Waals surface area contributed by atoms with Crippen LogP contribution in [0.4, 0.5) is 0 Å². The number of aliphatic hydroxyl groups is 4. The number of aromatic hydroxyl groups is 2. The third kappa shape index (κ3) is 3.15. The Kier molecular flexibility index (Phi) is 5.13. The van der Waals surface area contributed by atoms with Crippen LogP contribution in [0.3, 0.4) is 0 Å². The van der Waals surface area contributed by atoms with Crippen molar-refractivity contribution in [2.45, 2.75) is 30.7 Å². The lowest BCUT2D eigenvalue weighted by atomic mass is 9.99. The minimum Gasteiger partial charge on any atom is -0.504 e. The molecule has 1 aromatic carbocycles. The number of hydrogen-bond acceptors (Lipinski definition) is 11. The van der Waals surface area contributed by atoms with E-state index in [0.717, 1.165) is 6.07 Å². The van der Waals surface area contributed by atoms with Crippen molar-refractivity contribution in [3.63, 3.8) is 0 Å². The molecular formula is C16H18O11. The quantitative estimate of drug-likeness (QED) is 0.263. The number of rotatable bonds is 4. The first-order valence-electron chi connectivity index (χ1n) is 7.83. The van der Waals surface area contributed by atoms with Crippen LogP contribution in [0.2, 0.25) is 0 Å². The van der Waals surface area contributed by atoms with Gasteiger partial charge in [0.05, 0.1) is 19.1 Å². The molecule has 3 rings (SSSR count). The van der Waals surface area contributed by atoms with Gasteiger partial charge in [-0.05, 0) is 6.07 Å². The van der Waals surface area contributed by atoms with Gasteiger partial charge in [0.2, 0.25) is 23.5 Å². The van der Waals surface area contributed by atoms with Gasteiger partial charge in [-0.1, -0.05) is 0 Å². The third-order valence-corrected chi connectivity index (χ3v) is 4.23. The van der Waals surface area contributed by atoms with Gasteiger partial charge in [-0.25, -0.2) is 4.79 Å². The monoisotopic (exact) mass is 386 g/mol. The molecule has 1 aliphatic rings. The van der Waals surface area contributed by atoms with Crippen molar-refractivity contribution in [1.29, 1.82) is 0 Å². The maximum atomic E-state index is 11.4. The summed E-state index contributed by atoms with van der Waals surface area (Å²) in [6, 6.07) is 2.23. The Balaban J connectivity index is 2.08. The summed E-state index contributed by atoms with van der Waals surface area (Å²) in [7, 11) is 1.17. The minimum absolute atomic E-state index is 0.0369. The number of phenols is 2. The molecule has 2 aromatic rings. The summed E-state index contributed by atoms with van der Waals surface area (Å²) in [5.41, 5.74) is -1.21. The standard InChI is InChI=1S/C16H18O11/c1-24-14-8(19)5-2-3-7(18)26-13(5)12(23)15(14)27-16-11(22)10(21)9(20)6(4-17)25-16/h2-3,6,9-11,16-17,19-23H,4H2,1H3. The second-order valence-electron chi connectivity index (χ2n) is 5.87. The fourth-order valence-electron chi connectivity index (χ4n) is 2.80. The fraction of sp³-hybridized carbons (Fsp3) is 0.438. The molecule has 0 amide bonds. The van der Waals surface area contributed by atoms with Crippen molar-refractivity contribution in [3.05, 3.63) is 22.6 Å². The number of ether oxygens (including phenoxy) is 3. The summed E-state index contributed by atoms with van der Waals surface area (Å²) in [6.45, 7) is -0.689. The summed E-state index contributed by atoms with van der Waals surface area (Å²) in [4.78, 5) is 11.4. The molecule has 27 heavy (non-hydrogen) atoms. The van der Waals surface area contributed by atoms with Crippen molar-refractivity contribution >= 4 is 11.0 Å². The third-order valence-electron chi connectivity index (χ3n) is 4.23. The Bertz CT molecular complexity index is 890. The molecule has 0 spiro atoms. The van der Waals surface area contributed by atoms with Crippen molar-refractivity contribution in [1.82, 2.24) is 0 Å². The van der Waals surface area contributed by atoms with Crippen LogP contribution >= 0.6 is 0 Å². The zero-order valence-corrected chi connectivity index (χ0v) is 14.0. The predicted octanol–water partition coefficient (Wildman–Crippen LogP) is -1.61. The molecule has 5 atom stereocenters.